The van der Waals surface area contributed by atoms with Crippen LogP contribution in [-0.2, 0) is 0 Å². The zero-order chi connectivity index (χ0) is 31.9. The molecule has 0 N–H and O–H groups in total. The van der Waals surface area contributed by atoms with Crippen LogP contribution in [0, 0.1) is 13.8 Å². The molecule has 5 nitrogen and oxygen atoms in total. The van der Waals surface area contributed by atoms with Gasteiger partial charge in [-0.25, -0.2) is 0 Å². The van der Waals surface area contributed by atoms with Crippen LogP contribution in [0.15, 0.2) is 150 Å². The molecule has 8 rings (SSSR count). The average molecular weight is 611 g/mol. The summed E-state index contributed by atoms with van der Waals surface area (Å²) in [5, 5.41) is 8.84. The summed E-state index contributed by atoms with van der Waals surface area (Å²) in [6, 6.07) is 50.9. The fraction of sp³-hybridized carbons (Fsp3) is 0.0952. The lowest BCUT2D eigenvalue weighted by atomic mass is 9.86. The summed E-state index contributed by atoms with van der Waals surface area (Å²) in [6.45, 7) is 6.57. The number of anilines is 6. The van der Waals surface area contributed by atoms with Crippen LogP contribution in [0.3, 0.4) is 0 Å². The van der Waals surface area contributed by atoms with Crippen molar-refractivity contribution in [3.63, 3.8) is 0 Å². The highest BCUT2D eigenvalue weighted by atomic mass is 16.4. The van der Waals surface area contributed by atoms with Gasteiger partial charge in [-0.1, -0.05) is 79.7 Å². The molecule has 1 aliphatic rings. The highest BCUT2D eigenvalue weighted by Crippen LogP contribution is 2.49. The van der Waals surface area contributed by atoms with Crippen molar-refractivity contribution in [2.75, 3.05) is 9.80 Å². The molecule has 0 atom stereocenters. The minimum absolute atomic E-state index is 0.330. The fourth-order valence-corrected chi connectivity index (χ4v) is 6.69. The number of aromatic nitrogens is 2. The zero-order valence-corrected chi connectivity index (χ0v) is 26.6. The van der Waals surface area contributed by atoms with Crippen molar-refractivity contribution in [1.82, 2.24) is 10.2 Å². The Morgan fingerprint density at radius 3 is 1.49 bits per heavy atom. The topological polar surface area (TPSA) is 45.4 Å². The molecule has 2 heterocycles. The van der Waals surface area contributed by atoms with Crippen LogP contribution >= 0.6 is 0 Å². The number of aryl methyl sites for hydroxylation is 2. The quantitative estimate of drug-likeness (QED) is 0.187. The number of hydrogen-bond acceptors (Lipinski definition) is 5. The highest BCUT2D eigenvalue weighted by Gasteiger charge is 2.28. The number of rotatable bonds is 6. The van der Waals surface area contributed by atoms with Crippen LogP contribution in [0.25, 0.3) is 22.9 Å². The standard InChI is InChI=1S/C42H34N4O/c1-28-12-4-8-16-37(28)45(38-17-9-5-13-29(38)2)33-24-20-31(21-25-33)41-43-44-42(47-41)32-22-26-34(27-23-32)46-39-18-10-6-14-35(39)30(3)36-15-7-11-19-40(36)46/h4-27,30H,1-3H3. The summed E-state index contributed by atoms with van der Waals surface area (Å²) in [4.78, 5) is 4.64. The summed E-state index contributed by atoms with van der Waals surface area (Å²) >= 11 is 0. The van der Waals surface area contributed by atoms with Crippen molar-refractivity contribution in [2.45, 2.75) is 26.7 Å². The van der Waals surface area contributed by atoms with E-state index in [1.54, 1.807) is 0 Å². The largest absolute Gasteiger partial charge is 0.416 e. The van der Waals surface area contributed by atoms with Gasteiger partial charge in [-0.2, -0.15) is 0 Å². The molecule has 0 unspecified atom stereocenters. The predicted molar refractivity (Wildman–Crippen MR) is 192 cm³/mol. The first kappa shape index (κ1) is 28.5. The number of para-hydroxylation sites is 4. The van der Waals surface area contributed by atoms with Gasteiger partial charge in [-0.3, -0.25) is 0 Å². The van der Waals surface area contributed by atoms with Gasteiger partial charge in [0.1, 0.15) is 0 Å². The van der Waals surface area contributed by atoms with Gasteiger partial charge in [0.25, 0.3) is 0 Å². The molecule has 5 heteroatoms. The molecule has 0 radical (unpaired) electrons. The maximum absolute atomic E-state index is 6.23. The van der Waals surface area contributed by atoms with E-state index in [1.807, 2.05) is 12.1 Å². The van der Waals surface area contributed by atoms with Crippen molar-refractivity contribution in [2.24, 2.45) is 0 Å². The van der Waals surface area contributed by atoms with Crippen molar-refractivity contribution in [3.05, 3.63) is 168 Å². The molecule has 0 aliphatic carbocycles. The molecule has 228 valence electrons. The van der Waals surface area contributed by atoms with Crippen LogP contribution in [0.1, 0.15) is 35.1 Å². The Bertz CT molecular complexity index is 2110. The van der Waals surface area contributed by atoms with E-state index in [0.717, 1.165) is 33.9 Å². The first-order chi connectivity index (χ1) is 23.1. The van der Waals surface area contributed by atoms with E-state index in [9.17, 15) is 0 Å². The van der Waals surface area contributed by atoms with Gasteiger partial charge in [0.15, 0.2) is 0 Å². The monoisotopic (exact) mass is 610 g/mol. The lowest BCUT2D eigenvalue weighted by molar-refractivity contribution is 0.584. The minimum atomic E-state index is 0.330. The molecule has 1 aliphatic heterocycles. The smallest absolute Gasteiger partial charge is 0.248 e. The summed E-state index contributed by atoms with van der Waals surface area (Å²) < 4.78 is 6.23. The number of nitrogens with zero attached hydrogens (tertiary/aromatic N) is 4. The molecule has 6 aromatic carbocycles. The molecule has 0 amide bonds. The Morgan fingerprint density at radius 2 is 0.979 bits per heavy atom. The third-order valence-corrected chi connectivity index (χ3v) is 9.17. The molecular weight excluding hydrogens is 576 g/mol. The molecule has 0 saturated carbocycles. The van der Waals surface area contributed by atoms with Crippen molar-refractivity contribution < 1.29 is 4.42 Å². The summed E-state index contributed by atoms with van der Waals surface area (Å²) in [6.07, 6.45) is 0. The van der Waals surface area contributed by atoms with Gasteiger partial charge in [0.2, 0.25) is 11.8 Å². The van der Waals surface area contributed by atoms with Gasteiger partial charge in [0, 0.05) is 51.2 Å². The number of hydrogen-bond donors (Lipinski definition) is 0. The normalized spacial score (nSPS) is 12.4. The Morgan fingerprint density at radius 1 is 0.532 bits per heavy atom. The molecular formula is C42H34N4O. The van der Waals surface area contributed by atoms with Crippen LogP contribution in [0.2, 0.25) is 0 Å². The number of fused-ring (bicyclic) bond motifs is 2. The zero-order valence-electron chi connectivity index (χ0n) is 26.6. The molecule has 0 fully saturated rings. The SMILES string of the molecule is Cc1ccccc1N(c1ccc(-c2nnc(-c3ccc(N4c5ccccc5C(C)c5ccccc54)cc3)o2)cc1)c1ccccc1C. The molecule has 0 spiro atoms. The second-order valence-corrected chi connectivity index (χ2v) is 12.1. The van der Waals surface area contributed by atoms with E-state index < -0.39 is 0 Å². The summed E-state index contributed by atoms with van der Waals surface area (Å²) in [5.74, 6) is 1.31. The maximum atomic E-state index is 6.23. The van der Waals surface area contributed by atoms with Crippen molar-refractivity contribution in [3.8, 4) is 22.9 Å². The van der Waals surface area contributed by atoms with Crippen LogP contribution < -0.4 is 9.80 Å². The van der Waals surface area contributed by atoms with E-state index in [1.165, 1.54) is 33.6 Å². The van der Waals surface area contributed by atoms with Gasteiger partial charge in [-0.15, -0.1) is 10.2 Å². The van der Waals surface area contributed by atoms with Gasteiger partial charge in [-0.05, 0) is 109 Å². The average Bonchev–Trinajstić information content (AvgIpc) is 3.61. The van der Waals surface area contributed by atoms with Gasteiger partial charge >= 0.3 is 0 Å². The first-order valence-corrected chi connectivity index (χ1v) is 16.0. The Labute approximate surface area is 275 Å². The van der Waals surface area contributed by atoms with Crippen LogP contribution in [-0.4, -0.2) is 10.2 Å². The van der Waals surface area contributed by atoms with Gasteiger partial charge < -0.3 is 14.2 Å². The van der Waals surface area contributed by atoms with E-state index in [-0.39, 0.29) is 0 Å². The number of benzene rings is 6. The van der Waals surface area contributed by atoms with Crippen molar-refractivity contribution >= 4 is 34.1 Å². The predicted octanol–water partition coefficient (Wildman–Crippen LogP) is 11.4. The lowest BCUT2D eigenvalue weighted by Crippen LogP contribution is -2.20. The summed E-state index contributed by atoms with van der Waals surface area (Å²) in [7, 11) is 0. The molecule has 0 bridgehead atoms. The van der Waals surface area contributed by atoms with E-state index in [2.05, 4.69) is 174 Å². The Balaban J connectivity index is 1.08. The molecule has 0 saturated heterocycles. The fourth-order valence-electron chi connectivity index (χ4n) is 6.69. The third kappa shape index (κ3) is 5.06. The minimum Gasteiger partial charge on any atom is -0.416 e. The summed E-state index contributed by atoms with van der Waals surface area (Å²) in [5.41, 5.74) is 13.6. The highest BCUT2D eigenvalue weighted by molar-refractivity contribution is 5.85. The second kappa shape index (κ2) is 11.8. The third-order valence-electron chi connectivity index (χ3n) is 9.17. The molecule has 1 aromatic heterocycles. The lowest BCUT2D eigenvalue weighted by Gasteiger charge is -2.36. The van der Waals surface area contributed by atoms with Crippen LogP contribution in [0.5, 0.6) is 0 Å². The van der Waals surface area contributed by atoms with E-state index in [0.29, 0.717) is 17.7 Å². The van der Waals surface area contributed by atoms with E-state index >= 15 is 0 Å². The Kier molecular flexibility index (Phi) is 7.14. The van der Waals surface area contributed by atoms with Gasteiger partial charge in [0.05, 0.1) is 0 Å². The maximum Gasteiger partial charge on any atom is 0.248 e. The molecule has 47 heavy (non-hydrogen) atoms. The van der Waals surface area contributed by atoms with Crippen molar-refractivity contribution in [1.29, 1.82) is 0 Å². The first-order valence-electron chi connectivity index (χ1n) is 16.0. The Hall–Kier alpha value is -5.94. The second-order valence-electron chi connectivity index (χ2n) is 12.1. The molecule has 7 aromatic rings. The van der Waals surface area contributed by atoms with Crippen LogP contribution in [0.4, 0.5) is 34.1 Å². The van der Waals surface area contributed by atoms with E-state index in [4.69, 9.17) is 4.42 Å².